The Morgan fingerprint density at radius 1 is 0.432 bits per heavy atom. The van der Waals surface area contributed by atoms with Gasteiger partial charge in [0.05, 0.1) is 25.4 Å². The molecule has 1 rings (SSSR count). The van der Waals surface area contributed by atoms with Gasteiger partial charge in [0.15, 0.2) is 6.29 Å². The van der Waals surface area contributed by atoms with Crippen LogP contribution in [0.1, 0.15) is 296 Å². The first-order valence-corrected chi connectivity index (χ1v) is 34.0. The summed E-state index contributed by atoms with van der Waals surface area (Å²) in [7, 11) is 0. The average Bonchev–Trinajstić information content (AvgIpc) is 3.51. The minimum absolute atomic E-state index is 0.189. The van der Waals surface area contributed by atoms with Gasteiger partial charge in [0.25, 0.3) is 0 Å². The normalized spacial score (nSPS) is 19.0. The molecule has 0 bridgehead atoms. The minimum Gasteiger partial charge on any atom is -0.394 e. The van der Waals surface area contributed by atoms with Gasteiger partial charge in [-0.1, -0.05) is 310 Å². The Morgan fingerprint density at radius 2 is 0.765 bits per heavy atom. The zero-order chi connectivity index (χ0) is 58.6. The minimum atomic E-state index is -1.58. The van der Waals surface area contributed by atoms with Crippen LogP contribution in [0.3, 0.4) is 0 Å². The molecular formula is C72H127NO8. The largest absolute Gasteiger partial charge is 0.394 e. The number of hydrogen-bond acceptors (Lipinski definition) is 8. The molecule has 0 saturated carbocycles. The molecule has 468 valence electrons. The number of ether oxygens (including phenoxy) is 2. The van der Waals surface area contributed by atoms with Crippen molar-refractivity contribution in [2.45, 2.75) is 339 Å². The summed E-state index contributed by atoms with van der Waals surface area (Å²) in [6, 6.07) is -0.820. The monoisotopic (exact) mass is 1130 g/mol. The van der Waals surface area contributed by atoms with Crippen molar-refractivity contribution in [1.82, 2.24) is 5.32 Å². The van der Waals surface area contributed by atoms with Crippen LogP contribution in [0.25, 0.3) is 0 Å². The lowest BCUT2D eigenvalue weighted by Crippen LogP contribution is -2.60. The molecule has 6 N–H and O–H groups in total. The van der Waals surface area contributed by atoms with Crippen LogP contribution < -0.4 is 5.32 Å². The number of unbranched alkanes of at least 4 members (excludes halogenated alkanes) is 34. The maximum absolute atomic E-state index is 13.1. The number of allylic oxidation sites excluding steroid dienone is 15. The van der Waals surface area contributed by atoms with Crippen LogP contribution in [0.15, 0.2) is 97.2 Å². The zero-order valence-corrected chi connectivity index (χ0v) is 52.3. The van der Waals surface area contributed by atoms with E-state index in [-0.39, 0.29) is 12.5 Å². The number of carbonyl (C=O) groups is 1. The molecule has 7 unspecified atom stereocenters. The summed E-state index contributed by atoms with van der Waals surface area (Å²) >= 11 is 0. The van der Waals surface area contributed by atoms with E-state index in [1.165, 1.54) is 180 Å². The van der Waals surface area contributed by atoms with E-state index < -0.39 is 49.5 Å². The summed E-state index contributed by atoms with van der Waals surface area (Å²) in [5, 5.41) is 54.7. The Bertz CT molecular complexity index is 1600. The van der Waals surface area contributed by atoms with Gasteiger partial charge in [-0.15, -0.1) is 0 Å². The van der Waals surface area contributed by atoms with Crippen molar-refractivity contribution in [2.75, 3.05) is 13.2 Å². The van der Waals surface area contributed by atoms with Crippen LogP contribution >= 0.6 is 0 Å². The van der Waals surface area contributed by atoms with Crippen LogP contribution in [-0.4, -0.2) is 87.5 Å². The van der Waals surface area contributed by atoms with E-state index >= 15 is 0 Å². The quantitative estimate of drug-likeness (QED) is 0.0261. The molecule has 0 aromatic heterocycles. The van der Waals surface area contributed by atoms with Gasteiger partial charge in [-0.05, 0) is 77.0 Å². The molecule has 1 aliphatic rings. The SMILES string of the molecule is CC/C=C\C/C=C\C/C=C\C/C=C\C/C=C\C/C=C\C/C=C\CCCCCCCCCC(=O)NC(COC1OC(CO)C(O)C(O)C1O)C(O)/C=C/CCCCCCCCCCCCCCCCCCCCCCCCCCCCC. The lowest BCUT2D eigenvalue weighted by molar-refractivity contribution is -0.302. The Balaban J connectivity index is 2.18. The topological polar surface area (TPSA) is 149 Å². The number of aliphatic hydroxyl groups excluding tert-OH is 5. The fraction of sp³-hybridized carbons (Fsp3) is 0.764. The van der Waals surface area contributed by atoms with Crippen molar-refractivity contribution in [1.29, 1.82) is 0 Å². The number of carbonyl (C=O) groups excluding carboxylic acids is 1. The summed E-state index contributed by atoms with van der Waals surface area (Å²) in [6.07, 6.45) is 80.7. The third kappa shape index (κ3) is 49.1. The highest BCUT2D eigenvalue weighted by atomic mass is 16.7. The van der Waals surface area contributed by atoms with Gasteiger partial charge in [0.1, 0.15) is 24.4 Å². The Morgan fingerprint density at radius 3 is 1.14 bits per heavy atom. The molecule has 0 radical (unpaired) electrons. The van der Waals surface area contributed by atoms with Crippen molar-refractivity contribution >= 4 is 5.91 Å². The second-order valence-electron chi connectivity index (χ2n) is 23.2. The van der Waals surface area contributed by atoms with Crippen LogP contribution in [0.5, 0.6) is 0 Å². The molecule has 1 saturated heterocycles. The predicted octanol–water partition coefficient (Wildman–Crippen LogP) is 18.3. The second-order valence-corrected chi connectivity index (χ2v) is 23.2. The fourth-order valence-electron chi connectivity index (χ4n) is 10.4. The summed E-state index contributed by atoms with van der Waals surface area (Å²) < 4.78 is 11.3. The van der Waals surface area contributed by atoms with E-state index in [0.29, 0.717) is 6.42 Å². The van der Waals surface area contributed by atoms with Crippen molar-refractivity contribution < 1.29 is 39.8 Å². The van der Waals surface area contributed by atoms with E-state index in [1.807, 2.05) is 6.08 Å². The number of aliphatic hydroxyl groups is 5. The molecule has 1 heterocycles. The van der Waals surface area contributed by atoms with Crippen LogP contribution in [-0.2, 0) is 14.3 Å². The zero-order valence-electron chi connectivity index (χ0n) is 52.3. The highest BCUT2D eigenvalue weighted by molar-refractivity contribution is 5.76. The molecule has 0 spiro atoms. The molecular weight excluding hydrogens is 1010 g/mol. The van der Waals surface area contributed by atoms with Gasteiger partial charge in [-0.3, -0.25) is 4.79 Å². The van der Waals surface area contributed by atoms with Crippen molar-refractivity contribution in [3.8, 4) is 0 Å². The van der Waals surface area contributed by atoms with Gasteiger partial charge in [-0.2, -0.15) is 0 Å². The van der Waals surface area contributed by atoms with Crippen molar-refractivity contribution in [3.63, 3.8) is 0 Å². The second kappa shape index (κ2) is 60.2. The number of hydrogen-bond donors (Lipinski definition) is 6. The molecule has 7 atom stereocenters. The maximum Gasteiger partial charge on any atom is 0.220 e. The van der Waals surface area contributed by atoms with Crippen molar-refractivity contribution in [2.24, 2.45) is 0 Å². The molecule has 81 heavy (non-hydrogen) atoms. The first-order valence-electron chi connectivity index (χ1n) is 34.0. The highest BCUT2D eigenvalue weighted by Crippen LogP contribution is 2.23. The van der Waals surface area contributed by atoms with Gasteiger partial charge in [0.2, 0.25) is 5.91 Å². The first-order chi connectivity index (χ1) is 39.8. The molecule has 9 nitrogen and oxygen atoms in total. The molecule has 1 fully saturated rings. The third-order valence-electron chi connectivity index (χ3n) is 15.7. The third-order valence-corrected chi connectivity index (χ3v) is 15.7. The Hall–Kier alpha value is -2.89. The van der Waals surface area contributed by atoms with Crippen LogP contribution in [0.2, 0.25) is 0 Å². The van der Waals surface area contributed by atoms with E-state index in [4.69, 9.17) is 9.47 Å². The lowest BCUT2D eigenvalue weighted by atomic mass is 9.99. The number of nitrogens with one attached hydrogen (secondary N) is 1. The smallest absolute Gasteiger partial charge is 0.220 e. The summed E-state index contributed by atoms with van der Waals surface area (Å²) in [5.41, 5.74) is 0. The number of rotatable bonds is 58. The van der Waals surface area contributed by atoms with E-state index in [9.17, 15) is 30.3 Å². The molecule has 0 aromatic carbocycles. The van der Waals surface area contributed by atoms with E-state index in [1.54, 1.807) is 6.08 Å². The summed E-state index contributed by atoms with van der Waals surface area (Å²) in [5.74, 6) is -0.189. The summed E-state index contributed by atoms with van der Waals surface area (Å²) in [4.78, 5) is 13.1. The predicted molar refractivity (Wildman–Crippen MR) is 345 cm³/mol. The molecule has 0 aromatic rings. The standard InChI is InChI=1S/C72H127NO8/c1-3-5-7-9-11-13-15-17-19-21-23-25-27-29-31-33-35-37-39-41-43-45-47-49-51-53-55-57-59-61-66(75)65(64-80-72-71(79)70(78)69(77)67(63-74)81-72)73-68(76)62-60-58-56-54-52-50-48-46-44-42-40-38-36-34-32-30-28-26-24-22-20-18-16-14-12-10-8-6-4-2/h6,8,12,14,18,20,24,26,30,32,36,38,42,44,59,61,65-67,69-72,74-75,77-79H,3-5,7,9-11,13,15-17,19,21-23,25,27-29,31,33-35,37,39-41,43,45-58,60,62-64H2,1-2H3,(H,73,76)/b8-6-,14-12-,20-18-,26-24-,32-30-,38-36-,44-42-,61-59+. The summed E-state index contributed by atoms with van der Waals surface area (Å²) in [6.45, 7) is 3.69. The average molecular weight is 1130 g/mol. The maximum atomic E-state index is 13.1. The van der Waals surface area contributed by atoms with E-state index in [2.05, 4.69) is 104 Å². The fourth-order valence-corrected chi connectivity index (χ4v) is 10.4. The molecule has 1 aliphatic heterocycles. The highest BCUT2D eigenvalue weighted by Gasteiger charge is 2.44. The first kappa shape index (κ1) is 76.1. The van der Waals surface area contributed by atoms with E-state index in [0.717, 1.165) is 96.3 Å². The Labute approximate surface area is 498 Å². The van der Waals surface area contributed by atoms with Gasteiger partial charge >= 0.3 is 0 Å². The van der Waals surface area contributed by atoms with Crippen LogP contribution in [0.4, 0.5) is 0 Å². The molecule has 9 heteroatoms. The van der Waals surface area contributed by atoms with Crippen LogP contribution in [0, 0.1) is 0 Å². The van der Waals surface area contributed by atoms with Gasteiger partial charge in [0, 0.05) is 6.42 Å². The lowest BCUT2D eigenvalue weighted by Gasteiger charge is -2.40. The number of amides is 1. The molecule has 1 amide bonds. The van der Waals surface area contributed by atoms with Crippen molar-refractivity contribution in [3.05, 3.63) is 97.2 Å². The van der Waals surface area contributed by atoms with Gasteiger partial charge in [-0.25, -0.2) is 0 Å². The Kier molecular flexibility index (Phi) is 56.6. The molecule has 0 aliphatic carbocycles. The van der Waals surface area contributed by atoms with Gasteiger partial charge < -0.3 is 40.3 Å².